The van der Waals surface area contributed by atoms with Crippen molar-refractivity contribution in [2.75, 3.05) is 0 Å². The lowest BCUT2D eigenvalue weighted by molar-refractivity contribution is 0.0340. The lowest BCUT2D eigenvalue weighted by Gasteiger charge is -2.35. The number of nitriles is 1. The molecule has 4 N–H and O–H groups in total. The van der Waals surface area contributed by atoms with E-state index in [0.29, 0.717) is 10.7 Å². The predicted octanol–water partition coefficient (Wildman–Crippen LogP) is 3.43. The summed E-state index contributed by atoms with van der Waals surface area (Å²) < 4.78 is 7.58. The Hall–Kier alpha value is -3.31. The second-order valence-electron chi connectivity index (χ2n) is 7.70. The van der Waals surface area contributed by atoms with Crippen molar-refractivity contribution in [2.24, 2.45) is 11.7 Å². The molecule has 3 heterocycles. The van der Waals surface area contributed by atoms with Gasteiger partial charge in [-0.15, -0.1) is 0 Å². The molecule has 2 aliphatic heterocycles. The monoisotopic (exact) mass is 432 g/mol. The number of fused-ring (bicyclic) bond motifs is 1. The number of aromatic nitrogens is 2. The van der Waals surface area contributed by atoms with Gasteiger partial charge in [-0.2, -0.15) is 10.4 Å². The van der Waals surface area contributed by atoms with E-state index in [1.165, 1.54) is 0 Å². The van der Waals surface area contributed by atoms with Crippen LogP contribution in [0.5, 0.6) is 0 Å². The van der Waals surface area contributed by atoms with E-state index in [1.54, 1.807) is 4.68 Å². The van der Waals surface area contributed by atoms with Crippen molar-refractivity contribution in [2.45, 2.75) is 25.1 Å². The van der Waals surface area contributed by atoms with Crippen molar-refractivity contribution < 1.29 is 4.74 Å². The summed E-state index contributed by atoms with van der Waals surface area (Å²) in [4.78, 5) is 0. The van der Waals surface area contributed by atoms with Gasteiger partial charge >= 0.3 is 0 Å². The maximum absolute atomic E-state index is 10.00. The Balaban J connectivity index is 1.68. The fourth-order valence-electron chi connectivity index (χ4n) is 4.59. The summed E-state index contributed by atoms with van der Waals surface area (Å²) in [5.41, 5.74) is 16.5. The minimum atomic E-state index is -0.414. The van der Waals surface area contributed by atoms with Crippen LogP contribution < -0.4 is 16.6 Å². The Labute approximate surface area is 185 Å². The van der Waals surface area contributed by atoms with E-state index < -0.39 is 6.23 Å². The SMILES string of the molecule is Cc1nn(-c2ccccc2)c(Cl)c1C1C(C#N)=C(N)OC2NNC(c3ccccc3)C21. The molecule has 31 heavy (non-hydrogen) atoms. The Kier molecular flexibility index (Phi) is 4.91. The normalized spacial score (nSPS) is 25.1. The zero-order chi connectivity index (χ0) is 21.5. The van der Waals surface area contributed by atoms with Gasteiger partial charge in [0.2, 0.25) is 5.88 Å². The highest BCUT2D eigenvalue weighted by Crippen LogP contribution is 2.49. The molecular weight excluding hydrogens is 412 g/mol. The number of hydrazine groups is 1. The number of hydrogen-bond acceptors (Lipinski definition) is 6. The number of aryl methyl sites for hydroxylation is 1. The van der Waals surface area contributed by atoms with E-state index in [2.05, 4.69) is 16.9 Å². The van der Waals surface area contributed by atoms with E-state index in [4.69, 9.17) is 27.2 Å². The highest BCUT2D eigenvalue weighted by Gasteiger charge is 2.50. The quantitative estimate of drug-likeness (QED) is 0.586. The average Bonchev–Trinajstić information content (AvgIpc) is 3.34. The Bertz CT molecular complexity index is 1180. The van der Waals surface area contributed by atoms with Crippen LogP contribution in [0.15, 0.2) is 72.1 Å². The minimum Gasteiger partial charge on any atom is -0.458 e. The second kappa shape index (κ2) is 7.75. The van der Waals surface area contributed by atoms with Crippen molar-refractivity contribution in [3.05, 3.63) is 94.1 Å². The van der Waals surface area contributed by atoms with E-state index >= 15 is 0 Å². The summed E-state index contributed by atoms with van der Waals surface area (Å²) in [5, 5.41) is 15.2. The molecule has 1 fully saturated rings. The molecule has 1 aromatic heterocycles. The molecule has 4 atom stereocenters. The van der Waals surface area contributed by atoms with Crippen LogP contribution in [0.1, 0.15) is 28.8 Å². The van der Waals surface area contributed by atoms with Gasteiger partial charge in [0, 0.05) is 17.4 Å². The lowest BCUT2D eigenvalue weighted by atomic mass is 9.74. The van der Waals surface area contributed by atoms with Gasteiger partial charge in [-0.05, 0) is 24.6 Å². The lowest BCUT2D eigenvalue weighted by Crippen LogP contribution is -2.41. The maximum Gasteiger partial charge on any atom is 0.200 e. The van der Waals surface area contributed by atoms with Crippen LogP contribution in [0.4, 0.5) is 0 Å². The van der Waals surface area contributed by atoms with E-state index in [-0.39, 0.29) is 23.8 Å². The third kappa shape index (κ3) is 3.17. The van der Waals surface area contributed by atoms with Crippen molar-refractivity contribution >= 4 is 11.6 Å². The van der Waals surface area contributed by atoms with Gasteiger partial charge in [-0.25, -0.2) is 15.5 Å². The van der Waals surface area contributed by atoms with Crippen LogP contribution in [0.3, 0.4) is 0 Å². The second-order valence-corrected chi connectivity index (χ2v) is 8.06. The van der Waals surface area contributed by atoms with Gasteiger partial charge in [0.1, 0.15) is 11.2 Å². The fraction of sp³-hybridized carbons (Fsp3) is 0.217. The first-order valence-corrected chi connectivity index (χ1v) is 10.4. The summed E-state index contributed by atoms with van der Waals surface area (Å²) in [5.74, 6) is -0.435. The first kappa shape index (κ1) is 19.6. The Morgan fingerprint density at radius 1 is 1.10 bits per heavy atom. The van der Waals surface area contributed by atoms with Crippen molar-refractivity contribution in [1.29, 1.82) is 5.26 Å². The van der Waals surface area contributed by atoms with Gasteiger partial charge in [-0.1, -0.05) is 60.1 Å². The number of halogens is 1. The van der Waals surface area contributed by atoms with Crippen molar-refractivity contribution in [3.63, 3.8) is 0 Å². The molecule has 7 nitrogen and oxygen atoms in total. The van der Waals surface area contributed by atoms with Crippen LogP contribution in [0.2, 0.25) is 5.15 Å². The fourth-order valence-corrected chi connectivity index (χ4v) is 4.98. The number of para-hydroxylation sites is 1. The number of hydrogen-bond donors (Lipinski definition) is 3. The zero-order valence-corrected chi connectivity index (χ0v) is 17.5. The molecule has 4 unspecified atom stereocenters. The number of nitrogens with two attached hydrogens (primary N) is 1. The number of rotatable bonds is 3. The van der Waals surface area contributed by atoms with Gasteiger partial charge in [0.05, 0.1) is 23.0 Å². The van der Waals surface area contributed by atoms with Crippen LogP contribution in [-0.4, -0.2) is 16.0 Å². The Morgan fingerprint density at radius 2 is 1.77 bits per heavy atom. The van der Waals surface area contributed by atoms with E-state index in [9.17, 15) is 5.26 Å². The number of allylic oxidation sites excluding steroid dienone is 1. The Morgan fingerprint density at radius 3 is 2.45 bits per heavy atom. The molecule has 0 spiro atoms. The summed E-state index contributed by atoms with van der Waals surface area (Å²) in [6.45, 7) is 1.91. The molecule has 156 valence electrons. The zero-order valence-electron chi connectivity index (χ0n) is 16.8. The van der Waals surface area contributed by atoms with Crippen LogP contribution in [0.25, 0.3) is 5.69 Å². The van der Waals surface area contributed by atoms with Gasteiger partial charge in [-0.3, -0.25) is 0 Å². The van der Waals surface area contributed by atoms with Crippen LogP contribution in [-0.2, 0) is 4.74 Å². The predicted molar refractivity (Wildman–Crippen MR) is 117 cm³/mol. The van der Waals surface area contributed by atoms with Crippen molar-refractivity contribution in [3.8, 4) is 11.8 Å². The molecule has 5 rings (SSSR count). The molecule has 0 radical (unpaired) electrons. The molecule has 0 amide bonds. The maximum atomic E-state index is 10.00. The highest BCUT2D eigenvalue weighted by molar-refractivity contribution is 6.30. The topological polar surface area (TPSA) is 101 Å². The third-order valence-electron chi connectivity index (χ3n) is 5.97. The van der Waals surface area contributed by atoms with Crippen molar-refractivity contribution in [1.82, 2.24) is 20.6 Å². The number of nitrogens with zero attached hydrogens (tertiary/aromatic N) is 3. The smallest absolute Gasteiger partial charge is 0.200 e. The number of nitrogens with one attached hydrogen (secondary N) is 2. The third-order valence-corrected chi connectivity index (χ3v) is 6.33. The summed E-state index contributed by atoms with van der Waals surface area (Å²) in [7, 11) is 0. The molecular formula is C23H21ClN6O. The summed E-state index contributed by atoms with van der Waals surface area (Å²) in [6, 6.07) is 21.9. The van der Waals surface area contributed by atoms with Crippen LogP contribution >= 0.6 is 11.6 Å². The molecule has 3 aromatic rings. The molecule has 0 aliphatic carbocycles. The van der Waals surface area contributed by atoms with Gasteiger partial charge in [0.25, 0.3) is 0 Å². The molecule has 1 saturated heterocycles. The molecule has 2 aromatic carbocycles. The first-order valence-electron chi connectivity index (χ1n) is 10.0. The van der Waals surface area contributed by atoms with Gasteiger partial charge < -0.3 is 10.5 Å². The van der Waals surface area contributed by atoms with Crippen LogP contribution in [0, 0.1) is 24.2 Å². The van der Waals surface area contributed by atoms with E-state index in [1.807, 2.05) is 67.6 Å². The largest absolute Gasteiger partial charge is 0.458 e. The molecule has 8 heteroatoms. The molecule has 0 bridgehead atoms. The summed E-state index contributed by atoms with van der Waals surface area (Å²) >= 11 is 6.90. The number of ether oxygens (including phenoxy) is 1. The van der Waals surface area contributed by atoms with E-state index in [0.717, 1.165) is 22.5 Å². The summed E-state index contributed by atoms with van der Waals surface area (Å²) in [6.07, 6.45) is -0.414. The number of benzene rings is 2. The molecule has 2 aliphatic rings. The standard InChI is InChI=1S/C23H21ClN6O/c1-13-17(21(24)30(29-13)15-10-6-3-7-11-15)18-16(12-25)22(26)31-23-19(18)20(27-28-23)14-8-4-2-5-9-14/h2-11,18-20,23,27-28H,26H2,1H3. The average molecular weight is 433 g/mol. The highest BCUT2D eigenvalue weighted by atomic mass is 35.5. The first-order chi connectivity index (χ1) is 15.1. The van der Waals surface area contributed by atoms with Gasteiger partial charge in [0.15, 0.2) is 6.23 Å². The minimum absolute atomic E-state index is 0.108. The molecule has 0 saturated carbocycles.